The fourth-order valence-corrected chi connectivity index (χ4v) is 1.09. The topological polar surface area (TPSA) is 86.7 Å². The first-order chi connectivity index (χ1) is 8.85. The summed E-state index contributed by atoms with van der Waals surface area (Å²) in [5.74, 6) is -1.48. The first kappa shape index (κ1) is 21.4. The van der Waals surface area contributed by atoms with E-state index in [2.05, 4.69) is 5.73 Å². The zero-order valence-corrected chi connectivity index (χ0v) is 17.4. The van der Waals surface area contributed by atoms with Crippen LogP contribution in [-0.2, 0) is 42.0 Å². The second kappa shape index (κ2) is 11.9. The number of aliphatic hydroxyl groups excluding tert-OH is 1. The van der Waals surface area contributed by atoms with Crippen LogP contribution in [-0.4, -0.2) is 23.7 Å². The number of aliphatic hydroxyl groups is 1. The van der Waals surface area contributed by atoms with Crippen LogP contribution in [0.1, 0.15) is 13.8 Å². The Hall–Kier alpha value is -0.875. The number of aliphatic carboxylic acids is 1. The Morgan fingerprint density at radius 2 is 1.75 bits per heavy atom. The molecule has 1 N–H and O–H groups in total. The van der Waals surface area contributed by atoms with Gasteiger partial charge in [0, 0.05) is 18.5 Å². The maximum absolute atomic E-state index is 10.6. The molecule has 1 aliphatic carbocycles. The summed E-state index contributed by atoms with van der Waals surface area (Å²) in [4.78, 5) is 19.5. The Labute approximate surface area is 142 Å². The maximum atomic E-state index is 10.6. The molecule has 0 saturated heterocycles. The van der Waals surface area contributed by atoms with Gasteiger partial charge in [0.1, 0.15) is 12.0 Å². The molecule has 0 fully saturated rings. The molecule has 0 aliphatic heterocycles. The molecule has 0 spiro atoms. The Kier molecular flexibility index (Phi) is 12.8. The third-order valence-electron chi connectivity index (χ3n) is 1.54. The van der Waals surface area contributed by atoms with Gasteiger partial charge in [-0.3, -0.25) is 4.79 Å². The third-order valence-corrected chi connectivity index (χ3v) is 1.79. The maximum Gasteiger partial charge on any atom is 1.00 e. The molecule has 1 rings (SSSR count). The molecule has 0 heterocycles. The summed E-state index contributed by atoms with van der Waals surface area (Å²) in [6.45, 7) is 1.86. The second-order valence-electron chi connectivity index (χ2n) is 3.30. The molecular formula is C13H13ClHgO5. The first-order valence-electron chi connectivity index (χ1n) is 5.20. The number of carboxylic acid groups (broad SMARTS) is 1. The normalized spacial score (nSPS) is 12.5. The Bertz CT molecular complexity index is 441. The Balaban J connectivity index is 0. The number of hydrogen-bond acceptors (Lipinski definition) is 5. The molecule has 20 heavy (non-hydrogen) atoms. The zero-order chi connectivity index (χ0) is 14.8. The molecule has 104 valence electrons. The number of carboxylic acids is 1. The first-order valence-corrected chi connectivity index (χ1v) is 5.58. The van der Waals surface area contributed by atoms with Crippen molar-refractivity contribution in [3.05, 3.63) is 46.7 Å². The fraction of sp³-hybridized carbons (Fsp3) is 0.231. The molecule has 0 bridgehead atoms. The minimum Gasteiger partial charge on any atom is -0.550 e. The fourth-order valence-electron chi connectivity index (χ4n) is 0.965. The Morgan fingerprint density at radius 1 is 1.30 bits per heavy atom. The molecule has 2 radical (unpaired) electrons. The van der Waals surface area contributed by atoms with Gasteiger partial charge in [0.15, 0.2) is 5.76 Å². The van der Waals surface area contributed by atoms with E-state index in [4.69, 9.17) is 31.3 Å². The van der Waals surface area contributed by atoms with E-state index >= 15 is 0 Å². The van der Waals surface area contributed by atoms with Crippen molar-refractivity contribution in [3.8, 4) is 0 Å². The third kappa shape index (κ3) is 12.2. The number of allylic oxidation sites excluding steroid dienone is 4. The summed E-state index contributed by atoms with van der Waals surface area (Å²) in [6.07, 6.45) is 6.79. The van der Waals surface area contributed by atoms with Gasteiger partial charge in [0.25, 0.3) is 0 Å². The molecule has 0 atom stereocenters. The summed E-state index contributed by atoms with van der Waals surface area (Å²) in [5, 5.41) is 18.4. The van der Waals surface area contributed by atoms with Crippen molar-refractivity contribution in [2.24, 2.45) is 0 Å². The molecule has 1 aliphatic rings. The van der Waals surface area contributed by atoms with Gasteiger partial charge in [-0.15, -0.1) is 11.6 Å². The predicted octanol–water partition coefficient (Wildman–Crippen LogP) is 0.601. The van der Waals surface area contributed by atoms with Crippen molar-refractivity contribution < 1.29 is 52.2 Å². The molecule has 0 aromatic rings. The predicted molar refractivity (Wildman–Crippen MR) is 67.4 cm³/mol. The summed E-state index contributed by atoms with van der Waals surface area (Å²) in [7, 11) is 0. The van der Waals surface area contributed by atoms with Crippen LogP contribution < -0.4 is 5.11 Å². The van der Waals surface area contributed by atoms with Crippen LogP contribution in [0.3, 0.4) is 0 Å². The van der Waals surface area contributed by atoms with E-state index in [0.717, 1.165) is 6.92 Å². The molecule has 0 amide bonds. The minimum atomic E-state index is -1.08. The molecule has 0 saturated carbocycles. The van der Waals surface area contributed by atoms with Crippen LogP contribution in [0.5, 0.6) is 0 Å². The van der Waals surface area contributed by atoms with E-state index in [1.54, 1.807) is 24.3 Å². The van der Waals surface area contributed by atoms with Crippen LogP contribution in [0.25, 0.3) is 0 Å². The van der Waals surface area contributed by atoms with Gasteiger partial charge in [-0.05, 0) is 19.1 Å². The largest absolute Gasteiger partial charge is 1.00 e. The van der Waals surface area contributed by atoms with Crippen molar-refractivity contribution in [2.45, 2.75) is 13.8 Å². The van der Waals surface area contributed by atoms with Gasteiger partial charge in [0.2, 0.25) is 0 Å². The SMILES string of the molecule is CC(=O)OC(=C=C1C=C[C](Cl)C=C1)CO.CC(=O)[O-].[Hg+]. The second-order valence-corrected chi connectivity index (χ2v) is 3.73. The van der Waals surface area contributed by atoms with Crippen molar-refractivity contribution in [2.75, 3.05) is 6.61 Å². The van der Waals surface area contributed by atoms with Gasteiger partial charge in [-0.2, -0.15) is 0 Å². The average Bonchev–Trinajstić information content (AvgIpc) is 2.30. The van der Waals surface area contributed by atoms with E-state index in [0.29, 0.717) is 11.0 Å². The molecule has 7 heteroatoms. The average molecular weight is 485 g/mol. The summed E-state index contributed by atoms with van der Waals surface area (Å²) >= 11 is 5.70. The number of carbonyl (C=O) groups is 2. The molecule has 0 aromatic heterocycles. The number of ether oxygens (including phenoxy) is 1. The van der Waals surface area contributed by atoms with Crippen LogP contribution in [0.2, 0.25) is 0 Å². The monoisotopic (exact) mass is 486 g/mol. The zero-order valence-electron chi connectivity index (χ0n) is 11.2. The van der Waals surface area contributed by atoms with E-state index in [9.17, 15) is 4.79 Å². The van der Waals surface area contributed by atoms with Gasteiger partial charge >= 0.3 is 33.6 Å². The summed E-state index contributed by atoms with van der Waals surface area (Å²) in [5.41, 5.74) is 3.44. The van der Waals surface area contributed by atoms with Gasteiger partial charge < -0.3 is 19.7 Å². The molecule has 0 unspecified atom stereocenters. The van der Waals surface area contributed by atoms with Crippen LogP contribution >= 0.6 is 11.6 Å². The van der Waals surface area contributed by atoms with Gasteiger partial charge in [-0.1, -0.05) is 17.9 Å². The number of esters is 1. The summed E-state index contributed by atoms with van der Waals surface area (Å²) < 4.78 is 4.72. The van der Waals surface area contributed by atoms with Crippen molar-refractivity contribution in [3.63, 3.8) is 0 Å². The van der Waals surface area contributed by atoms with Crippen molar-refractivity contribution in [1.82, 2.24) is 0 Å². The quantitative estimate of drug-likeness (QED) is 0.268. The van der Waals surface area contributed by atoms with E-state index in [-0.39, 0.29) is 40.0 Å². The van der Waals surface area contributed by atoms with Gasteiger partial charge in [0.05, 0.1) is 0 Å². The van der Waals surface area contributed by atoms with E-state index in [1.807, 2.05) is 0 Å². The number of hydrogen-bond donors (Lipinski definition) is 1. The van der Waals surface area contributed by atoms with Crippen molar-refractivity contribution >= 4 is 23.5 Å². The van der Waals surface area contributed by atoms with Crippen LogP contribution in [0.4, 0.5) is 0 Å². The van der Waals surface area contributed by atoms with E-state index in [1.165, 1.54) is 6.92 Å². The minimum absolute atomic E-state index is 0. The number of carbonyl (C=O) groups excluding carboxylic acids is 2. The summed E-state index contributed by atoms with van der Waals surface area (Å²) in [6, 6.07) is 0. The van der Waals surface area contributed by atoms with Crippen LogP contribution in [0, 0.1) is 5.38 Å². The number of rotatable bonds is 2. The van der Waals surface area contributed by atoms with Crippen molar-refractivity contribution in [1.29, 1.82) is 0 Å². The molecule has 0 aromatic carbocycles. The van der Waals surface area contributed by atoms with Crippen LogP contribution in [0.15, 0.2) is 41.4 Å². The van der Waals surface area contributed by atoms with Gasteiger partial charge in [-0.25, -0.2) is 0 Å². The van der Waals surface area contributed by atoms with E-state index < -0.39 is 11.9 Å². The standard InChI is InChI=1S/C11H10ClO3.C2H4O2.Hg/c1-8(14)15-11(7-13)6-9-2-4-10(12)5-3-9;1-2(3)4;/h2-5,13H,7H2,1H3;1H3,(H,3,4);/q;;+1/p-1. The molecule has 5 nitrogen and oxygen atoms in total. The molecular weight excluding hydrogens is 472 g/mol. The smallest absolute Gasteiger partial charge is 0.550 e. The Morgan fingerprint density at radius 3 is 2.10 bits per heavy atom. The number of halogens is 1.